The summed E-state index contributed by atoms with van der Waals surface area (Å²) < 4.78 is 0. The molecule has 1 fully saturated rings. The number of anilines is 1. The van der Waals surface area contributed by atoms with Gasteiger partial charge in [0.25, 0.3) is 0 Å². The average molecular weight is 303 g/mol. The van der Waals surface area contributed by atoms with Crippen LogP contribution in [0.3, 0.4) is 0 Å². The van der Waals surface area contributed by atoms with E-state index in [0.717, 1.165) is 25.4 Å². The van der Waals surface area contributed by atoms with Crippen molar-refractivity contribution < 1.29 is 4.79 Å². The van der Waals surface area contributed by atoms with Crippen LogP contribution in [0.4, 0.5) is 5.69 Å². The first kappa shape index (κ1) is 15.9. The maximum Gasteiger partial charge on any atom is 0.225 e. The van der Waals surface area contributed by atoms with Gasteiger partial charge in [-0.15, -0.1) is 0 Å². The van der Waals surface area contributed by atoms with Gasteiger partial charge < -0.3 is 10.2 Å². The summed E-state index contributed by atoms with van der Waals surface area (Å²) in [6.45, 7) is 5.14. The number of amides is 1. The molecule has 2 rings (SSSR count). The van der Waals surface area contributed by atoms with Gasteiger partial charge in [0.05, 0.1) is 11.3 Å². The molecule has 1 N–H and O–H groups in total. The first-order chi connectivity index (χ1) is 10.2. The number of thioether (sulfide) groups is 1. The van der Waals surface area contributed by atoms with Gasteiger partial charge in [0.15, 0.2) is 0 Å². The maximum atomic E-state index is 12.0. The minimum atomic E-state index is -0.0241. The first-order valence-electron chi connectivity index (χ1n) is 7.36. The molecule has 1 heterocycles. The third-order valence-corrected chi connectivity index (χ3v) is 5.03. The zero-order valence-corrected chi connectivity index (χ0v) is 13.2. The third kappa shape index (κ3) is 4.76. The zero-order chi connectivity index (χ0) is 15.1. The van der Waals surface area contributed by atoms with E-state index in [-0.39, 0.29) is 5.91 Å². The Morgan fingerprint density at radius 2 is 2.33 bits per heavy atom. The molecule has 4 nitrogen and oxygen atoms in total. The molecule has 0 radical (unpaired) electrons. The molecule has 1 saturated heterocycles. The van der Waals surface area contributed by atoms with Crippen LogP contribution in [0.25, 0.3) is 0 Å². The van der Waals surface area contributed by atoms with Gasteiger partial charge in [0, 0.05) is 37.1 Å². The number of hydrogen-bond donors (Lipinski definition) is 1. The smallest absolute Gasteiger partial charge is 0.225 e. The minimum absolute atomic E-state index is 0.0241. The number of benzene rings is 1. The van der Waals surface area contributed by atoms with E-state index < -0.39 is 0 Å². The number of carbonyl (C=O) groups is 1. The number of nitriles is 1. The highest BCUT2D eigenvalue weighted by Crippen LogP contribution is 2.21. The number of para-hydroxylation sites is 1. The molecule has 0 spiro atoms. The lowest BCUT2D eigenvalue weighted by molar-refractivity contribution is -0.116. The second-order valence-corrected chi connectivity index (χ2v) is 6.57. The van der Waals surface area contributed by atoms with Gasteiger partial charge in [-0.3, -0.25) is 4.79 Å². The van der Waals surface area contributed by atoms with Crippen LogP contribution < -0.4 is 5.32 Å². The highest BCUT2D eigenvalue weighted by molar-refractivity contribution is 8.00. The molecule has 5 heteroatoms. The number of rotatable bonds is 5. The van der Waals surface area contributed by atoms with Crippen molar-refractivity contribution in [3.8, 4) is 6.07 Å². The summed E-state index contributed by atoms with van der Waals surface area (Å²) in [6, 6.07) is 9.19. The predicted octanol–water partition coefficient (Wildman–Crippen LogP) is 2.71. The van der Waals surface area contributed by atoms with E-state index in [1.807, 2.05) is 17.8 Å². The topological polar surface area (TPSA) is 56.1 Å². The Kier molecular flexibility index (Phi) is 6.09. The fourth-order valence-corrected chi connectivity index (χ4v) is 3.64. The molecule has 0 aromatic heterocycles. The molecular formula is C16H21N3OS. The van der Waals surface area contributed by atoms with Crippen molar-refractivity contribution >= 4 is 23.4 Å². The van der Waals surface area contributed by atoms with Crippen LogP contribution in [-0.4, -0.2) is 41.4 Å². The molecule has 0 bridgehead atoms. The van der Waals surface area contributed by atoms with Crippen LogP contribution in [0.2, 0.25) is 0 Å². The number of nitrogens with zero attached hydrogens (tertiary/aromatic N) is 2. The van der Waals surface area contributed by atoms with Crippen LogP contribution in [-0.2, 0) is 4.79 Å². The van der Waals surface area contributed by atoms with Crippen LogP contribution in [0, 0.1) is 11.3 Å². The molecule has 1 atom stereocenters. The molecule has 21 heavy (non-hydrogen) atoms. The summed E-state index contributed by atoms with van der Waals surface area (Å²) in [7, 11) is 0. The Morgan fingerprint density at radius 1 is 1.52 bits per heavy atom. The lowest BCUT2D eigenvalue weighted by atomic mass is 10.2. The fraction of sp³-hybridized carbons (Fsp3) is 0.500. The van der Waals surface area contributed by atoms with Crippen LogP contribution in [0.5, 0.6) is 0 Å². The summed E-state index contributed by atoms with van der Waals surface area (Å²) in [4.78, 5) is 14.4. The Labute approximate surface area is 130 Å². The van der Waals surface area contributed by atoms with E-state index in [9.17, 15) is 4.79 Å². The van der Waals surface area contributed by atoms with Crippen LogP contribution in [0.15, 0.2) is 24.3 Å². The minimum Gasteiger partial charge on any atom is -0.325 e. The Morgan fingerprint density at radius 3 is 3.10 bits per heavy atom. The van der Waals surface area contributed by atoms with Gasteiger partial charge in [0.1, 0.15) is 6.07 Å². The molecule has 0 saturated carbocycles. The monoisotopic (exact) mass is 303 g/mol. The van der Waals surface area contributed by atoms with Crippen molar-refractivity contribution in [3.63, 3.8) is 0 Å². The van der Waals surface area contributed by atoms with E-state index in [1.54, 1.807) is 18.2 Å². The number of hydrogen-bond acceptors (Lipinski definition) is 4. The zero-order valence-electron chi connectivity index (χ0n) is 12.3. The molecule has 0 aliphatic carbocycles. The third-order valence-electron chi connectivity index (χ3n) is 3.65. The van der Waals surface area contributed by atoms with E-state index in [0.29, 0.717) is 22.9 Å². The summed E-state index contributed by atoms with van der Waals surface area (Å²) in [5, 5.41) is 12.5. The standard InChI is InChI=1S/C16H21N3OS/c1-2-14-12-19(9-10-21-14)8-7-16(20)18-15-6-4-3-5-13(15)11-17/h3-6,14H,2,7-10,12H2,1H3,(H,18,20). The van der Waals surface area contributed by atoms with Crippen molar-refractivity contribution in [1.29, 1.82) is 5.26 Å². The van der Waals surface area contributed by atoms with Crippen molar-refractivity contribution in [3.05, 3.63) is 29.8 Å². The average Bonchev–Trinajstić information content (AvgIpc) is 2.53. The van der Waals surface area contributed by atoms with Gasteiger partial charge in [-0.05, 0) is 18.6 Å². The van der Waals surface area contributed by atoms with Gasteiger partial charge in [-0.1, -0.05) is 19.1 Å². The fourth-order valence-electron chi connectivity index (χ4n) is 2.39. The summed E-state index contributed by atoms with van der Waals surface area (Å²) >= 11 is 2.03. The van der Waals surface area contributed by atoms with Crippen LogP contribution in [0.1, 0.15) is 25.3 Å². The van der Waals surface area contributed by atoms with Gasteiger partial charge in [-0.25, -0.2) is 0 Å². The molecule has 1 unspecified atom stereocenters. The molecule has 1 aromatic rings. The van der Waals surface area contributed by atoms with E-state index >= 15 is 0 Å². The second kappa shape index (κ2) is 8.06. The largest absolute Gasteiger partial charge is 0.325 e. The lowest BCUT2D eigenvalue weighted by Crippen LogP contribution is -2.39. The number of nitrogens with one attached hydrogen (secondary N) is 1. The van der Waals surface area contributed by atoms with Crippen LogP contribution >= 0.6 is 11.8 Å². The normalized spacial score (nSPS) is 19.0. The Hall–Kier alpha value is -1.51. The second-order valence-electron chi connectivity index (χ2n) is 5.16. The van der Waals surface area contributed by atoms with E-state index in [2.05, 4.69) is 23.2 Å². The number of carbonyl (C=O) groups excluding carboxylic acids is 1. The van der Waals surface area contributed by atoms with Gasteiger partial charge in [-0.2, -0.15) is 17.0 Å². The quantitative estimate of drug-likeness (QED) is 0.908. The van der Waals surface area contributed by atoms with Crippen molar-refractivity contribution in [2.45, 2.75) is 25.0 Å². The lowest BCUT2D eigenvalue weighted by Gasteiger charge is -2.31. The Bertz CT molecular complexity index is 526. The molecule has 1 aromatic carbocycles. The molecule has 112 valence electrons. The van der Waals surface area contributed by atoms with Crippen molar-refractivity contribution in [2.75, 3.05) is 30.7 Å². The summed E-state index contributed by atoms with van der Waals surface area (Å²) in [6.07, 6.45) is 1.66. The highest BCUT2D eigenvalue weighted by atomic mass is 32.2. The molecule has 1 aliphatic heterocycles. The van der Waals surface area contributed by atoms with Gasteiger partial charge >= 0.3 is 0 Å². The Balaban J connectivity index is 1.81. The molecule has 1 amide bonds. The molecular weight excluding hydrogens is 282 g/mol. The summed E-state index contributed by atoms with van der Waals surface area (Å²) in [5.74, 6) is 1.13. The highest BCUT2D eigenvalue weighted by Gasteiger charge is 2.19. The summed E-state index contributed by atoms with van der Waals surface area (Å²) in [5.41, 5.74) is 1.11. The van der Waals surface area contributed by atoms with Gasteiger partial charge in [0.2, 0.25) is 5.91 Å². The predicted molar refractivity (Wildman–Crippen MR) is 87.4 cm³/mol. The van der Waals surface area contributed by atoms with E-state index in [4.69, 9.17) is 5.26 Å². The van der Waals surface area contributed by atoms with Crippen molar-refractivity contribution in [2.24, 2.45) is 0 Å². The first-order valence-corrected chi connectivity index (χ1v) is 8.40. The van der Waals surface area contributed by atoms with Crippen molar-refractivity contribution in [1.82, 2.24) is 4.90 Å². The molecule has 1 aliphatic rings. The SMILES string of the molecule is CCC1CN(CCC(=O)Nc2ccccc2C#N)CCS1. The van der Waals surface area contributed by atoms with E-state index in [1.165, 1.54) is 6.42 Å². The maximum absolute atomic E-state index is 12.0.